The molecule has 0 bridgehead atoms. The Morgan fingerprint density at radius 1 is 1.25 bits per heavy atom. The maximum absolute atomic E-state index is 13.6. The molecule has 0 heterocycles. The molecule has 1 aromatic rings. The molecule has 2 heteroatoms. The van der Waals surface area contributed by atoms with E-state index in [-0.39, 0.29) is 11.9 Å². The maximum atomic E-state index is 13.6. The third-order valence-electron chi connectivity index (χ3n) is 4.04. The Labute approximate surface area is 124 Å². The Bertz CT molecular complexity index is 412. The number of unbranched alkanes of at least 4 members (excludes halogenated alkanes) is 2. The van der Waals surface area contributed by atoms with E-state index in [1.54, 1.807) is 13.0 Å². The van der Waals surface area contributed by atoms with E-state index in [2.05, 4.69) is 33.0 Å². The molecule has 0 fully saturated rings. The predicted octanol–water partition coefficient (Wildman–Crippen LogP) is 5.39. The van der Waals surface area contributed by atoms with Crippen molar-refractivity contribution in [1.82, 2.24) is 5.32 Å². The van der Waals surface area contributed by atoms with Gasteiger partial charge in [-0.05, 0) is 42.9 Å². The zero-order valence-electron chi connectivity index (χ0n) is 13.7. The van der Waals surface area contributed by atoms with E-state index in [9.17, 15) is 4.39 Å². The molecule has 114 valence electrons. The van der Waals surface area contributed by atoms with E-state index in [0.29, 0.717) is 11.0 Å². The van der Waals surface area contributed by atoms with Crippen LogP contribution in [0.5, 0.6) is 0 Å². The highest BCUT2D eigenvalue weighted by atomic mass is 19.1. The summed E-state index contributed by atoms with van der Waals surface area (Å²) in [5, 5.41) is 3.55. The summed E-state index contributed by atoms with van der Waals surface area (Å²) in [7, 11) is 0. The lowest BCUT2D eigenvalue weighted by atomic mass is 9.86. The minimum Gasteiger partial charge on any atom is -0.310 e. The molecule has 0 aliphatic rings. The van der Waals surface area contributed by atoms with Crippen molar-refractivity contribution in [3.8, 4) is 0 Å². The number of hydrogen-bond donors (Lipinski definition) is 1. The van der Waals surface area contributed by atoms with Crippen LogP contribution in [0, 0.1) is 18.2 Å². The molecule has 0 saturated carbocycles. The molecule has 0 amide bonds. The molecule has 1 atom stereocenters. The van der Waals surface area contributed by atoms with Gasteiger partial charge in [-0.3, -0.25) is 0 Å². The van der Waals surface area contributed by atoms with E-state index in [1.807, 2.05) is 12.1 Å². The molecule has 1 nitrogen and oxygen atoms in total. The summed E-state index contributed by atoms with van der Waals surface area (Å²) in [6.07, 6.45) is 5.10. The number of aryl methyl sites for hydroxylation is 1. The van der Waals surface area contributed by atoms with Crippen LogP contribution in [0.25, 0.3) is 0 Å². The number of benzene rings is 1. The fourth-order valence-corrected chi connectivity index (χ4v) is 2.37. The molecule has 0 aliphatic heterocycles. The Morgan fingerprint density at radius 2 is 1.95 bits per heavy atom. The SMILES string of the molecule is CCCCCC(C)(C)CNC(C)c1ccc(C)c(F)c1. The quantitative estimate of drug-likeness (QED) is 0.629. The molecule has 0 radical (unpaired) electrons. The van der Waals surface area contributed by atoms with Crippen LogP contribution in [0.4, 0.5) is 4.39 Å². The molecule has 0 aromatic heterocycles. The summed E-state index contributed by atoms with van der Waals surface area (Å²) >= 11 is 0. The van der Waals surface area contributed by atoms with Crippen molar-refractivity contribution < 1.29 is 4.39 Å². The molecule has 1 N–H and O–H groups in total. The second-order valence-electron chi connectivity index (χ2n) is 6.73. The third kappa shape index (κ3) is 5.62. The number of rotatable bonds is 8. The zero-order chi connectivity index (χ0) is 15.2. The van der Waals surface area contributed by atoms with E-state index in [0.717, 1.165) is 12.1 Å². The van der Waals surface area contributed by atoms with Gasteiger partial charge in [0.1, 0.15) is 5.82 Å². The van der Waals surface area contributed by atoms with Crippen molar-refractivity contribution in [2.45, 2.75) is 66.3 Å². The van der Waals surface area contributed by atoms with Gasteiger partial charge in [0.05, 0.1) is 0 Å². The van der Waals surface area contributed by atoms with Crippen molar-refractivity contribution in [3.05, 3.63) is 35.1 Å². The summed E-state index contributed by atoms with van der Waals surface area (Å²) in [5.41, 5.74) is 2.03. The zero-order valence-corrected chi connectivity index (χ0v) is 13.7. The standard InChI is InChI=1S/C18H30FN/c1-6-7-8-11-18(4,5)13-20-15(3)16-10-9-14(2)17(19)12-16/h9-10,12,15,20H,6-8,11,13H2,1-5H3. The highest BCUT2D eigenvalue weighted by Crippen LogP contribution is 2.24. The van der Waals surface area contributed by atoms with Crippen LogP contribution >= 0.6 is 0 Å². The van der Waals surface area contributed by atoms with Crippen LogP contribution < -0.4 is 5.32 Å². The third-order valence-corrected chi connectivity index (χ3v) is 4.04. The summed E-state index contributed by atoms with van der Waals surface area (Å²) < 4.78 is 13.6. The number of halogens is 1. The van der Waals surface area contributed by atoms with Crippen molar-refractivity contribution >= 4 is 0 Å². The van der Waals surface area contributed by atoms with Gasteiger partial charge in [-0.15, -0.1) is 0 Å². The lowest BCUT2D eigenvalue weighted by molar-refractivity contribution is 0.290. The Balaban J connectivity index is 2.49. The van der Waals surface area contributed by atoms with Crippen LogP contribution in [-0.4, -0.2) is 6.54 Å². The smallest absolute Gasteiger partial charge is 0.126 e. The minimum absolute atomic E-state index is 0.113. The van der Waals surface area contributed by atoms with Crippen LogP contribution in [-0.2, 0) is 0 Å². The van der Waals surface area contributed by atoms with E-state index in [4.69, 9.17) is 0 Å². The van der Waals surface area contributed by atoms with Gasteiger partial charge in [-0.25, -0.2) is 4.39 Å². The predicted molar refractivity (Wildman–Crippen MR) is 85.5 cm³/mol. The molecule has 1 rings (SSSR count). The van der Waals surface area contributed by atoms with Crippen molar-refractivity contribution in [2.75, 3.05) is 6.54 Å². The Morgan fingerprint density at radius 3 is 2.55 bits per heavy atom. The van der Waals surface area contributed by atoms with Crippen LogP contribution in [0.1, 0.15) is 70.5 Å². The van der Waals surface area contributed by atoms with Crippen LogP contribution in [0.15, 0.2) is 18.2 Å². The van der Waals surface area contributed by atoms with Gasteiger partial charge >= 0.3 is 0 Å². The largest absolute Gasteiger partial charge is 0.310 e. The molecule has 0 spiro atoms. The van der Waals surface area contributed by atoms with Gasteiger partial charge in [-0.2, -0.15) is 0 Å². The lowest BCUT2D eigenvalue weighted by Gasteiger charge is -2.27. The van der Waals surface area contributed by atoms with Gasteiger partial charge in [0, 0.05) is 12.6 Å². The van der Waals surface area contributed by atoms with Crippen LogP contribution in [0.2, 0.25) is 0 Å². The number of nitrogens with one attached hydrogen (secondary N) is 1. The normalized spacial score (nSPS) is 13.5. The van der Waals surface area contributed by atoms with Gasteiger partial charge in [0.25, 0.3) is 0 Å². The molecule has 1 aromatic carbocycles. The second kappa shape index (κ2) is 7.78. The van der Waals surface area contributed by atoms with Crippen LogP contribution in [0.3, 0.4) is 0 Å². The first-order valence-electron chi connectivity index (χ1n) is 7.85. The lowest BCUT2D eigenvalue weighted by Crippen LogP contribution is -2.31. The fraction of sp³-hybridized carbons (Fsp3) is 0.667. The topological polar surface area (TPSA) is 12.0 Å². The van der Waals surface area contributed by atoms with Gasteiger partial charge < -0.3 is 5.32 Å². The first kappa shape index (κ1) is 17.2. The van der Waals surface area contributed by atoms with E-state index >= 15 is 0 Å². The molecule has 0 saturated heterocycles. The highest BCUT2D eigenvalue weighted by Gasteiger charge is 2.18. The summed E-state index contributed by atoms with van der Waals surface area (Å²) in [6.45, 7) is 11.7. The van der Waals surface area contributed by atoms with Crippen molar-refractivity contribution in [2.24, 2.45) is 5.41 Å². The fourth-order valence-electron chi connectivity index (χ4n) is 2.37. The Hall–Kier alpha value is -0.890. The first-order chi connectivity index (χ1) is 9.35. The van der Waals surface area contributed by atoms with Gasteiger partial charge in [-0.1, -0.05) is 52.2 Å². The van der Waals surface area contributed by atoms with Gasteiger partial charge in [0.15, 0.2) is 0 Å². The van der Waals surface area contributed by atoms with Crippen molar-refractivity contribution in [3.63, 3.8) is 0 Å². The maximum Gasteiger partial charge on any atom is 0.126 e. The first-order valence-corrected chi connectivity index (χ1v) is 7.85. The average Bonchev–Trinajstić information content (AvgIpc) is 2.39. The molecular weight excluding hydrogens is 249 g/mol. The number of hydrogen-bond acceptors (Lipinski definition) is 1. The monoisotopic (exact) mass is 279 g/mol. The summed E-state index contributed by atoms with van der Waals surface area (Å²) in [6, 6.07) is 5.71. The second-order valence-corrected chi connectivity index (χ2v) is 6.73. The molecule has 20 heavy (non-hydrogen) atoms. The van der Waals surface area contributed by atoms with E-state index in [1.165, 1.54) is 25.7 Å². The average molecular weight is 279 g/mol. The summed E-state index contributed by atoms with van der Waals surface area (Å²) in [5.74, 6) is -0.113. The Kier molecular flexibility index (Phi) is 6.67. The summed E-state index contributed by atoms with van der Waals surface area (Å²) in [4.78, 5) is 0. The molecule has 0 aliphatic carbocycles. The van der Waals surface area contributed by atoms with Crippen molar-refractivity contribution in [1.29, 1.82) is 0 Å². The molecular formula is C18H30FN. The highest BCUT2D eigenvalue weighted by molar-refractivity contribution is 5.25. The van der Waals surface area contributed by atoms with Gasteiger partial charge in [0.2, 0.25) is 0 Å². The minimum atomic E-state index is -0.113. The van der Waals surface area contributed by atoms with E-state index < -0.39 is 0 Å². The molecule has 1 unspecified atom stereocenters.